The highest BCUT2D eigenvalue weighted by Gasteiger charge is 2.54. The van der Waals surface area contributed by atoms with Gasteiger partial charge in [0, 0.05) is 14.2 Å². The van der Waals surface area contributed by atoms with Gasteiger partial charge in [0.2, 0.25) is 0 Å². The number of benzene rings is 2. The Morgan fingerprint density at radius 2 is 1.08 bits per heavy atom. The third-order valence-electron chi connectivity index (χ3n) is 9.59. The molecule has 2 saturated heterocycles. The zero-order valence-electron chi connectivity index (χ0n) is 32.4. The average Bonchev–Trinajstić information content (AvgIpc) is 3.55. The van der Waals surface area contributed by atoms with Crippen molar-refractivity contribution in [1.29, 1.82) is 0 Å². The van der Waals surface area contributed by atoms with Crippen molar-refractivity contribution in [1.82, 2.24) is 0 Å². The molecule has 2 aromatic carbocycles. The summed E-state index contributed by atoms with van der Waals surface area (Å²) in [6.07, 6.45) is -0.493. The molecule has 11 heteroatoms. The van der Waals surface area contributed by atoms with E-state index >= 15 is 0 Å². The quantitative estimate of drug-likeness (QED) is 0.189. The van der Waals surface area contributed by atoms with E-state index in [1.165, 1.54) is 29.6 Å². The van der Waals surface area contributed by atoms with Crippen LogP contribution >= 0.6 is 0 Å². The van der Waals surface area contributed by atoms with Gasteiger partial charge < -0.3 is 48.2 Å². The Morgan fingerprint density at radius 3 is 1.41 bits per heavy atom. The number of ether oxygens (including phenoxy) is 6. The Kier molecular flexibility index (Phi) is 14.2. The van der Waals surface area contributed by atoms with Gasteiger partial charge in [0.05, 0.1) is 13.2 Å². The first-order chi connectivity index (χ1) is 23.6. The summed E-state index contributed by atoms with van der Waals surface area (Å²) in [5.74, 6) is -1.63. The van der Waals surface area contributed by atoms with Crippen LogP contribution in [0.15, 0.2) is 86.0 Å². The summed E-state index contributed by atoms with van der Waals surface area (Å²) in [5.41, 5.74) is -2.55. The average molecular weight is 731 g/mol. The SMILES string of the molecule is C=C[C@](C)(O)C(OC)C1OC(C)(C)OC1CO.C=C[C@](C)(O)C(OC)C1OC(C)(C)OC1CO[Si](c1ccccc1)(c1ccccc1)C(C)(C)C. The minimum Gasteiger partial charge on any atom is -0.405 e. The standard InChI is InChI=1S/C28H40O5Si.C12H22O5/c1-9-28(7,29)25(30-8)24-23(32-27(5,6)33-24)20-31-34(26(2,3)4,21-16-12-10-13-17-21)22-18-14-11-15-19-22;1-6-12(4,14)10(15-5)9-8(7-13)16-11(2,3)17-9/h9-19,23-25,29H,1,20H2,2-8H3;6,8-10,13-14H,1,7H2,2-5H3/t23?,24?,25?,28-;8?,9?,10?,12-/m00/s1. The van der Waals surface area contributed by atoms with Crippen molar-refractivity contribution in [2.24, 2.45) is 0 Å². The van der Waals surface area contributed by atoms with Gasteiger partial charge in [-0.25, -0.2) is 0 Å². The molecular weight excluding hydrogens is 669 g/mol. The summed E-state index contributed by atoms with van der Waals surface area (Å²) in [7, 11) is 0.294. The van der Waals surface area contributed by atoms with Gasteiger partial charge in [-0.05, 0) is 57.0 Å². The molecule has 0 amide bonds. The second-order valence-corrected chi connectivity index (χ2v) is 19.9. The normalized spacial score (nSPS) is 26.5. The lowest BCUT2D eigenvalue weighted by Gasteiger charge is -2.44. The number of hydrogen-bond acceptors (Lipinski definition) is 10. The molecule has 0 spiro atoms. The zero-order valence-corrected chi connectivity index (χ0v) is 33.4. The van der Waals surface area contributed by atoms with Gasteiger partial charge in [-0.2, -0.15) is 0 Å². The molecule has 4 rings (SSSR count). The Hall–Kier alpha value is -2.26. The van der Waals surface area contributed by atoms with Crippen LogP contribution in [0.4, 0.5) is 0 Å². The molecule has 10 nitrogen and oxygen atoms in total. The molecule has 2 aliphatic heterocycles. The molecule has 2 aromatic rings. The number of aliphatic hydroxyl groups excluding tert-OH is 1. The van der Waals surface area contributed by atoms with Crippen LogP contribution < -0.4 is 10.4 Å². The van der Waals surface area contributed by atoms with Crippen molar-refractivity contribution in [3.8, 4) is 0 Å². The Bertz CT molecular complexity index is 1350. The van der Waals surface area contributed by atoms with Crippen molar-refractivity contribution < 1.29 is 48.2 Å². The lowest BCUT2D eigenvalue weighted by Crippen LogP contribution is -2.67. The molecule has 0 aliphatic carbocycles. The predicted octanol–water partition coefficient (Wildman–Crippen LogP) is 4.49. The van der Waals surface area contributed by atoms with Crippen LogP contribution in [0.2, 0.25) is 5.04 Å². The molecule has 2 heterocycles. The fourth-order valence-electron chi connectivity index (χ4n) is 7.12. The van der Waals surface area contributed by atoms with Gasteiger partial charge in [-0.3, -0.25) is 0 Å². The zero-order chi connectivity index (χ0) is 38.5. The number of aliphatic hydroxyl groups is 3. The van der Waals surface area contributed by atoms with Gasteiger partial charge in [0.1, 0.15) is 47.8 Å². The van der Waals surface area contributed by atoms with Crippen molar-refractivity contribution >= 4 is 18.7 Å². The smallest absolute Gasteiger partial charge is 0.261 e. The fraction of sp³-hybridized carbons (Fsp3) is 0.600. The monoisotopic (exact) mass is 730 g/mol. The highest BCUT2D eigenvalue weighted by atomic mass is 28.4. The molecule has 51 heavy (non-hydrogen) atoms. The largest absolute Gasteiger partial charge is 0.405 e. The van der Waals surface area contributed by atoms with Gasteiger partial charge in [0.25, 0.3) is 8.32 Å². The number of rotatable bonds is 14. The Balaban J connectivity index is 0.000000347. The van der Waals surface area contributed by atoms with Crippen LogP contribution in [0.5, 0.6) is 0 Å². The number of hydrogen-bond donors (Lipinski definition) is 3. The first kappa shape index (κ1) is 43.1. The highest BCUT2D eigenvalue weighted by molar-refractivity contribution is 6.99. The first-order valence-corrected chi connectivity index (χ1v) is 19.4. The van der Waals surface area contributed by atoms with E-state index in [0.29, 0.717) is 6.61 Å². The van der Waals surface area contributed by atoms with Gasteiger partial charge in [-0.1, -0.05) is 93.6 Å². The van der Waals surface area contributed by atoms with E-state index in [1.807, 2.05) is 26.0 Å². The van der Waals surface area contributed by atoms with E-state index < -0.39 is 67.7 Å². The van der Waals surface area contributed by atoms with Gasteiger partial charge in [-0.15, -0.1) is 13.2 Å². The maximum Gasteiger partial charge on any atom is 0.261 e. The summed E-state index contributed by atoms with van der Waals surface area (Å²) >= 11 is 0. The molecule has 0 bridgehead atoms. The maximum absolute atomic E-state index is 10.9. The molecule has 6 unspecified atom stereocenters. The van der Waals surface area contributed by atoms with E-state index in [9.17, 15) is 15.3 Å². The van der Waals surface area contributed by atoms with E-state index in [0.717, 1.165) is 0 Å². The minimum absolute atomic E-state index is 0.159. The molecule has 286 valence electrons. The van der Waals surface area contributed by atoms with Crippen LogP contribution in [0.1, 0.15) is 62.3 Å². The molecular formula is C40H62O10Si. The summed E-state index contributed by atoms with van der Waals surface area (Å²) in [6, 6.07) is 21.0. The maximum atomic E-state index is 10.9. The second-order valence-electron chi connectivity index (χ2n) is 15.6. The predicted molar refractivity (Wildman–Crippen MR) is 202 cm³/mol. The lowest BCUT2D eigenvalue weighted by molar-refractivity contribution is -0.174. The van der Waals surface area contributed by atoms with E-state index in [-0.39, 0.29) is 11.6 Å². The van der Waals surface area contributed by atoms with Gasteiger partial charge >= 0.3 is 0 Å². The minimum atomic E-state index is -2.75. The second kappa shape index (κ2) is 16.8. The third kappa shape index (κ3) is 9.84. The first-order valence-electron chi connectivity index (χ1n) is 17.5. The van der Waals surface area contributed by atoms with E-state index in [2.05, 4.69) is 82.5 Å². The highest BCUT2D eigenvalue weighted by Crippen LogP contribution is 2.40. The van der Waals surface area contributed by atoms with E-state index in [1.54, 1.807) is 34.8 Å². The van der Waals surface area contributed by atoms with E-state index in [4.69, 9.17) is 32.8 Å². The summed E-state index contributed by atoms with van der Waals surface area (Å²) in [5, 5.41) is 32.6. The van der Waals surface area contributed by atoms with Crippen LogP contribution in [-0.4, -0.2) is 110 Å². The molecule has 3 N–H and O–H groups in total. The van der Waals surface area contributed by atoms with Crippen molar-refractivity contribution in [3.63, 3.8) is 0 Å². The molecule has 2 fully saturated rings. The summed E-state index contributed by atoms with van der Waals surface area (Å²) in [6.45, 7) is 24.7. The van der Waals surface area contributed by atoms with Crippen molar-refractivity contribution in [3.05, 3.63) is 86.0 Å². The summed E-state index contributed by atoms with van der Waals surface area (Å²) in [4.78, 5) is 0. The topological polar surface area (TPSA) is 125 Å². The Labute approximate surface area is 306 Å². The van der Waals surface area contributed by atoms with Crippen LogP contribution in [0, 0.1) is 0 Å². The van der Waals surface area contributed by atoms with Crippen molar-refractivity contribution in [2.45, 2.75) is 127 Å². The third-order valence-corrected chi connectivity index (χ3v) is 14.6. The van der Waals surface area contributed by atoms with Crippen LogP contribution in [0.25, 0.3) is 0 Å². The van der Waals surface area contributed by atoms with Crippen molar-refractivity contribution in [2.75, 3.05) is 27.4 Å². The molecule has 8 atom stereocenters. The van der Waals surface area contributed by atoms with Gasteiger partial charge in [0.15, 0.2) is 11.6 Å². The molecule has 0 aromatic heterocycles. The fourth-order valence-corrected chi connectivity index (χ4v) is 11.7. The molecule has 0 saturated carbocycles. The lowest BCUT2D eigenvalue weighted by atomic mass is 9.92. The summed E-state index contributed by atoms with van der Waals surface area (Å²) < 4.78 is 41.8. The van der Waals surface area contributed by atoms with Crippen LogP contribution in [0.3, 0.4) is 0 Å². The molecule has 2 aliphatic rings. The van der Waals surface area contributed by atoms with Crippen LogP contribution in [-0.2, 0) is 32.8 Å². The molecule has 0 radical (unpaired) electrons. The Morgan fingerprint density at radius 1 is 0.706 bits per heavy atom. The number of methoxy groups -OCH3 is 2.